The van der Waals surface area contributed by atoms with Crippen molar-refractivity contribution in [3.05, 3.63) is 18.3 Å². The van der Waals surface area contributed by atoms with Crippen LogP contribution in [-0.4, -0.2) is 40.7 Å². The molecule has 1 rings (SSSR count). The van der Waals surface area contributed by atoms with E-state index in [1.165, 1.54) is 6.92 Å². The van der Waals surface area contributed by atoms with Gasteiger partial charge in [0.05, 0.1) is 11.8 Å². The minimum Gasteiger partial charge on any atom is -0.480 e. The number of rotatable bonds is 7. The molecule has 0 aliphatic rings. The van der Waals surface area contributed by atoms with Crippen LogP contribution < -0.4 is 15.4 Å². The topological polar surface area (TPSA) is 101 Å². The zero-order valence-corrected chi connectivity index (χ0v) is 11.7. The lowest BCUT2D eigenvalue weighted by atomic mass is 10.2. The minimum absolute atomic E-state index is 0.0368. The second-order valence-electron chi connectivity index (χ2n) is 4.49. The fourth-order valence-corrected chi connectivity index (χ4v) is 1.50. The van der Waals surface area contributed by atoms with Crippen molar-refractivity contribution in [1.29, 1.82) is 0 Å². The number of anilines is 1. The second kappa shape index (κ2) is 7.32. The average molecular weight is 281 g/mol. The molecule has 7 heteroatoms. The molecule has 0 saturated heterocycles. The molecule has 1 heterocycles. The van der Waals surface area contributed by atoms with Gasteiger partial charge >= 0.3 is 5.97 Å². The maximum atomic E-state index is 11.0. The Morgan fingerprint density at radius 2 is 2.15 bits per heavy atom. The molecule has 1 aromatic rings. The lowest BCUT2D eigenvalue weighted by Crippen LogP contribution is -2.44. The zero-order valence-electron chi connectivity index (χ0n) is 11.7. The highest BCUT2D eigenvalue weighted by molar-refractivity contribution is 5.82. The Morgan fingerprint density at radius 3 is 2.70 bits per heavy atom. The van der Waals surface area contributed by atoms with E-state index in [0.29, 0.717) is 11.6 Å². The van der Waals surface area contributed by atoms with Gasteiger partial charge in [-0.1, -0.05) is 0 Å². The number of nitrogens with one attached hydrogen (secondary N) is 2. The van der Waals surface area contributed by atoms with Gasteiger partial charge in [0.1, 0.15) is 6.04 Å². The van der Waals surface area contributed by atoms with Gasteiger partial charge in [-0.3, -0.25) is 4.79 Å². The first-order valence-electron chi connectivity index (χ1n) is 6.25. The Morgan fingerprint density at radius 1 is 1.45 bits per heavy atom. The number of pyridine rings is 1. The Hall–Kier alpha value is -2.31. The number of hydrogen-bond acceptors (Lipinski definition) is 5. The summed E-state index contributed by atoms with van der Waals surface area (Å²) in [4.78, 5) is 26.0. The van der Waals surface area contributed by atoms with Gasteiger partial charge in [-0.25, -0.2) is 9.78 Å². The maximum Gasteiger partial charge on any atom is 0.328 e. The van der Waals surface area contributed by atoms with Gasteiger partial charge in [0, 0.05) is 19.7 Å². The predicted molar refractivity (Wildman–Crippen MR) is 73.7 cm³/mol. The number of carboxylic acids is 1. The Labute approximate surface area is 117 Å². The van der Waals surface area contributed by atoms with Gasteiger partial charge in [-0.05, 0) is 26.0 Å². The molecule has 1 amide bonds. The number of aliphatic carboxylic acids is 1. The van der Waals surface area contributed by atoms with E-state index in [1.807, 2.05) is 13.8 Å². The van der Waals surface area contributed by atoms with Gasteiger partial charge < -0.3 is 20.5 Å². The van der Waals surface area contributed by atoms with Crippen LogP contribution in [-0.2, 0) is 9.59 Å². The van der Waals surface area contributed by atoms with Crippen molar-refractivity contribution in [3.63, 3.8) is 0 Å². The molecule has 0 bridgehead atoms. The lowest BCUT2D eigenvalue weighted by molar-refractivity contribution is -0.141. The Bertz CT molecular complexity index is 476. The summed E-state index contributed by atoms with van der Waals surface area (Å²) in [6.45, 7) is 5.05. The fraction of sp³-hybridized carbons (Fsp3) is 0.462. The highest BCUT2D eigenvalue weighted by Crippen LogP contribution is 2.21. The molecular formula is C13H19N3O4. The molecule has 110 valence electrons. The lowest BCUT2D eigenvalue weighted by Gasteiger charge is -2.17. The molecule has 1 aromatic heterocycles. The second-order valence-corrected chi connectivity index (χ2v) is 4.49. The van der Waals surface area contributed by atoms with Crippen molar-refractivity contribution in [2.24, 2.45) is 0 Å². The minimum atomic E-state index is -1.11. The van der Waals surface area contributed by atoms with Crippen LogP contribution in [0.25, 0.3) is 0 Å². The summed E-state index contributed by atoms with van der Waals surface area (Å²) >= 11 is 0. The van der Waals surface area contributed by atoms with Crippen LogP contribution in [0.15, 0.2) is 18.3 Å². The molecule has 0 aromatic carbocycles. The molecule has 0 spiro atoms. The third kappa shape index (κ3) is 5.13. The number of hydrogen-bond donors (Lipinski definition) is 3. The van der Waals surface area contributed by atoms with E-state index in [9.17, 15) is 9.59 Å². The standard InChI is InChI=1S/C13H19N3O4/c1-8(2)20-12-10(5-4-6-14-12)15-7-11(13(18)19)16-9(3)17/h4-6,8,11,15H,7H2,1-3H3,(H,16,17)(H,18,19). The Kier molecular flexibility index (Phi) is 5.76. The van der Waals surface area contributed by atoms with Crippen molar-refractivity contribution < 1.29 is 19.4 Å². The van der Waals surface area contributed by atoms with Crippen LogP contribution in [0.5, 0.6) is 5.88 Å². The molecule has 1 unspecified atom stereocenters. The number of carboxylic acid groups (broad SMARTS) is 1. The maximum absolute atomic E-state index is 11.0. The predicted octanol–water partition coefficient (Wildman–Crippen LogP) is 0.870. The van der Waals surface area contributed by atoms with Gasteiger partial charge in [-0.15, -0.1) is 0 Å². The molecule has 0 saturated carbocycles. The van der Waals surface area contributed by atoms with E-state index in [0.717, 1.165) is 0 Å². The van der Waals surface area contributed by atoms with Crippen molar-refractivity contribution in [3.8, 4) is 5.88 Å². The van der Waals surface area contributed by atoms with Gasteiger partial charge in [-0.2, -0.15) is 0 Å². The first-order chi connectivity index (χ1) is 9.40. The largest absolute Gasteiger partial charge is 0.480 e. The molecule has 20 heavy (non-hydrogen) atoms. The van der Waals surface area contributed by atoms with Crippen LogP contribution in [0.4, 0.5) is 5.69 Å². The van der Waals surface area contributed by atoms with Gasteiger partial charge in [0.15, 0.2) is 0 Å². The summed E-state index contributed by atoms with van der Waals surface area (Å²) in [5.41, 5.74) is 0.581. The van der Waals surface area contributed by atoms with Crippen molar-refractivity contribution in [2.75, 3.05) is 11.9 Å². The van der Waals surface area contributed by atoms with Crippen LogP contribution in [0.2, 0.25) is 0 Å². The molecule has 7 nitrogen and oxygen atoms in total. The molecule has 0 radical (unpaired) electrons. The van der Waals surface area contributed by atoms with Crippen LogP contribution in [0.1, 0.15) is 20.8 Å². The fourth-order valence-electron chi connectivity index (χ4n) is 1.50. The SMILES string of the molecule is CC(=O)NC(CNc1cccnc1OC(C)C)C(=O)O. The number of carbonyl (C=O) groups is 2. The van der Waals surface area contributed by atoms with E-state index in [1.54, 1.807) is 18.3 Å². The quantitative estimate of drug-likeness (QED) is 0.685. The van der Waals surface area contributed by atoms with Gasteiger partial charge in [0.2, 0.25) is 11.8 Å². The summed E-state index contributed by atoms with van der Waals surface area (Å²) < 4.78 is 5.51. The molecule has 1 atom stereocenters. The first kappa shape index (κ1) is 15.7. The highest BCUT2D eigenvalue weighted by Gasteiger charge is 2.18. The first-order valence-corrected chi connectivity index (χ1v) is 6.25. The summed E-state index contributed by atoms with van der Waals surface area (Å²) in [7, 11) is 0. The third-order valence-corrected chi connectivity index (χ3v) is 2.29. The van der Waals surface area contributed by atoms with Crippen molar-refractivity contribution in [1.82, 2.24) is 10.3 Å². The molecule has 3 N–H and O–H groups in total. The number of carbonyl (C=O) groups excluding carboxylic acids is 1. The monoisotopic (exact) mass is 281 g/mol. The number of aromatic nitrogens is 1. The normalized spacial score (nSPS) is 11.8. The molecular weight excluding hydrogens is 262 g/mol. The van der Waals surface area contributed by atoms with Crippen molar-refractivity contribution >= 4 is 17.6 Å². The molecule has 0 fully saturated rings. The summed E-state index contributed by atoms with van der Waals surface area (Å²) in [6.07, 6.45) is 1.54. The van der Waals surface area contributed by atoms with E-state index in [-0.39, 0.29) is 12.6 Å². The van der Waals surface area contributed by atoms with Crippen LogP contribution in [0.3, 0.4) is 0 Å². The summed E-state index contributed by atoms with van der Waals surface area (Å²) in [6, 6.07) is 2.43. The van der Waals surface area contributed by atoms with Crippen LogP contribution >= 0.6 is 0 Å². The summed E-state index contributed by atoms with van der Waals surface area (Å²) in [5, 5.41) is 14.3. The number of nitrogens with zero attached hydrogens (tertiary/aromatic N) is 1. The number of amides is 1. The number of ether oxygens (including phenoxy) is 1. The summed E-state index contributed by atoms with van der Waals surface area (Å²) in [5.74, 6) is -1.11. The van der Waals surface area contributed by atoms with Gasteiger partial charge in [0.25, 0.3) is 0 Å². The van der Waals surface area contributed by atoms with Crippen LogP contribution in [0, 0.1) is 0 Å². The van der Waals surface area contributed by atoms with Crippen molar-refractivity contribution in [2.45, 2.75) is 32.9 Å². The van der Waals surface area contributed by atoms with E-state index >= 15 is 0 Å². The van der Waals surface area contributed by atoms with E-state index in [4.69, 9.17) is 9.84 Å². The Balaban J connectivity index is 2.72. The average Bonchev–Trinajstić information content (AvgIpc) is 2.34. The molecule has 0 aliphatic heterocycles. The smallest absolute Gasteiger partial charge is 0.328 e. The van der Waals surface area contributed by atoms with E-state index in [2.05, 4.69) is 15.6 Å². The molecule has 0 aliphatic carbocycles. The van der Waals surface area contributed by atoms with E-state index < -0.39 is 17.9 Å². The third-order valence-electron chi connectivity index (χ3n) is 2.29. The highest BCUT2D eigenvalue weighted by atomic mass is 16.5. The zero-order chi connectivity index (χ0) is 15.1.